The molecule has 0 fully saturated rings. The molecule has 1 unspecified atom stereocenters. The first-order valence-corrected chi connectivity index (χ1v) is 13.5. The number of carbonyl (C=O) groups is 2. The summed E-state index contributed by atoms with van der Waals surface area (Å²) in [5, 5.41) is 2.75. The van der Waals surface area contributed by atoms with E-state index in [1.54, 1.807) is 50.2 Å². The van der Waals surface area contributed by atoms with Crippen molar-refractivity contribution in [3.8, 4) is 5.75 Å². The van der Waals surface area contributed by atoms with Gasteiger partial charge < -0.3 is 15.0 Å². The predicted octanol–water partition coefficient (Wildman–Crippen LogP) is 3.75. The number of likely N-dealkylation sites (N-methyl/N-ethyl adjacent to an activating group) is 1. The Bertz CT molecular complexity index is 1310. The second-order valence-electron chi connectivity index (χ2n) is 8.60. The van der Waals surface area contributed by atoms with E-state index in [9.17, 15) is 18.0 Å². The molecule has 3 aromatic carbocycles. The average Bonchev–Trinajstić information content (AvgIpc) is 2.90. The van der Waals surface area contributed by atoms with E-state index < -0.39 is 28.5 Å². The number of carbonyl (C=O) groups excluding carboxylic acids is 2. The van der Waals surface area contributed by atoms with Gasteiger partial charge in [0, 0.05) is 19.2 Å². The van der Waals surface area contributed by atoms with Crippen LogP contribution < -0.4 is 14.4 Å². The van der Waals surface area contributed by atoms with Crippen molar-refractivity contribution in [1.29, 1.82) is 0 Å². The number of nitrogens with one attached hydrogen (secondary N) is 1. The second kappa shape index (κ2) is 12.4. The van der Waals surface area contributed by atoms with Gasteiger partial charge in [0.25, 0.3) is 10.0 Å². The highest BCUT2D eigenvalue weighted by molar-refractivity contribution is 7.92. The number of ether oxygens (including phenoxy) is 1. The van der Waals surface area contributed by atoms with Gasteiger partial charge in [-0.1, -0.05) is 54.1 Å². The Kier molecular flexibility index (Phi) is 9.30. The molecule has 0 aromatic heterocycles. The van der Waals surface area contributed by atoms with Crippen molar-refractivity contribution in [3.63, 3.8) is 0 Å². The first-order chi connectivity index (χ1) is 17.7. The van der Waals surface area contributed by atoms with E-state index in [2.05, 4.69) is 5.32 Å². The minimum atomic E-state index is -4.12. The minimum absolute atomic E-state index is 0.0557. The molecule has 1 atom stereocenters. The van der Waals surface area contributed by atoms with E-state index in [-0.39, 0.29) is 23.0 Å². The summed E-state index contributed by atoms with van der Waals surface area (Å²) in [6.45, 7) is 5.36. The number of sulfonamides is 1. The molecule has 196 valence electrons. The normalized spacial score (nSPS) is 11.9. The molecule has 3 rings (SSSR count). The summed E-state index contributed by atoms with van der Waals surface area (Å²) in [5.74, 6) is -0.381. The molecule has 0 aliphatic carbocycles. The number of hydrogen-bond acceptors (Lipinski definition) is 5. The lowest BCUT2D eigenvalue weighted by Gasteiger charge is -2.32. The van der Waals surface area contributed by atoms with E-state index >= 15 is 0 Å². The zero-order chi connectivity index (χ0) is 27.0. The molecule has 8 nitrogen and oxygen atoms in total. The quantitative estimate of drug-likeness (QED) is 0.413. The lowest BCUT2D eigenvalue weighted by molar-refractivity contribution is -0.139. The van der Waals surface area contributed by atoms with Crippen LogP contribution in [0.5, 0.6) is 5.75 Å². The third-order valence-corrected chi connectivity index (χ3v) is 7.73. The number of rotatable bonds is 11. The smallest absolute Gasteiger partial charge is 0.264 e. The Morgan fingerprint density at radius 3 is 2.27 bits per heavy atom. The van der Waals surface area contributed by atoms with Gasteiger partial charge in [0.05, 0.1) is 17.7 Å². The molecule has 0 heterocycles. The Labute approximate surface area is 218 Å². The fourth-order valence-electron chi connectivity index (χ4n) is 3.82. The molecule has 0 radical (unpaired) electrons. The van der Waals surface area contributed by atoms with Gasteiger partial charge in [-0.05, 0) is 50.6 Å². The maximum absolute atomic E-state index is 13.8. The molecule has 1 N–H and O–H groups in total. The number of amides is 2. The van der Waals surface area contributed by atoms with Crippen LogP contribution in [0.1, 0.15) is 25.0 Å². The molecule has 0 aliphatic rings. The van der Waals surface area contributed by atoms with Gasteiger partial charge in [-0.15, -0.1) is 0 Å². The highest BCUT2D eigenvalue weighted by Crippen LogP contribution is 2.27. The molecule has 0 saturated heterocycles. The van der Waals surface area contributed by atoms with E-state index in [0.29, 0.717) is 12.3 Å². The zero-order valence-corrected chi connectivity index (χ0v) is 22.4. The van der Waals surface area contributed by atoms with Crippen LogP contribution in [0.3, 0.4) is 0 Å². The van der Waals surface area contributed by atoms with Gasteiger partial charge in [-0.2, -0.15) is 0 Å². The largest absolute Gasteiger partial charge is 0.497 e. The molecule has 3 aromatic rings. The van der Waals surface area contributed by atoms with Crippen molar-refractivity contribution >= 4 is 27.5 Å². The Morgan fingerprint density at radius 2 is 1.65 bits per heavy atom. The van der Waals surface area contributed by atoms with E-state index in [1.165, 1.54) is 24.1 Å². The van der Waals surface area contributed by atoms with Crippen LogP contribution in [0, 0.1) is 6.92 Å². The summed E-state index contributed by atoms with van der Waals surface area (Å²) in [6.07, 6.45) is 0. The van der Waals surface area contributed by atoms with Gasteiger partial charge in [0.2, 0.25) is 11.8 Å². The summed E-state index contributed by atoms with van der Waals surface area (Å²) in [4.78, 5) is 27.9. The molecular formula is C28H33N3O5S. The fraction of sp³-hybridized carbons (Fsp3) is 0.286. The molecule has 0 aliphatic heterocycles. The number of hydrogen-bond donors (Lipinski definition) is 1. The van der Waals surface area contributed by atoms with Crippen LogP contribution in [0.2, 0.25) is 0 Å². The summed E-state index contributed by atoms with van der Waals surface area (Å²) >= 11 is 0. The monoisotopic (exact) mass is 523 g/mol. The van der Waals surface area contributed by atoms with Gasteiger partial charge >= 0.3 is 0 Å². The number of anilines is 1. The zero-order valence-electron chi connectivity index (χ0n) is 21.5. The summed E-state index contributed by atoms with van der Waals surface area (Å²) < 4.78 is 34.0. The van der Waals surface area contributed by atoms with Crippen molar-refractivity contribution in [2.24, 2.45) is 0 Å². The van der Waals surface area contributed by atoms with Crippen LogP contribution in [0.15, 0.2) is 83.8 Å². The standard InChI is InChI=1S/C28H33N3O5S/c1-5-29-28(33)22(3)30(19-23-10-7-6-8-11-23)27(32)20-31(24-12-9-13-25(18-24)36-4)37(34,35)26-16-14-21(2)15-17-26/h6-18,22H,5,19-20H2,1-4H3,(H,29,33). The number of nitrogens with zero attached hydrogens (tertiary/aromatic N) is 2. The predicted molar refractivity (Wildman–Crippen MR) is 144 cm³/mol. The molecule has 9 heteroatoms. The van der Waals surface area contributed by atoms with Crippen LogP contribution in [-0.4, -0.2) is 51.4 Å². The van der Waals surface area contributed by atoms with Crippen molar-refractivity contribution in [1.82, 2.24) is 10.2 Å². The first kappa shape index (κ1) is 27.7. The van der Waals surface area contributed by atoms with Crippen LogP contribution in [0.4, 0.5) is 5.69 Å². The number of aryl methyl sites for hydroxylation is 1. The molecule has 0 spiro atoms. The molecular weight excluding hydrogens is 490 g/mol. The second-order valence-corrected chi connectivity index (χ2v) is 10.5. The third-order valence-electron chi connectivity index (χ3n) is 5.94. The topological polar surface area (TPSA) is 96.0 Å². The average molecular weight is 524 g/mol. The van der Waals surface area contributed by atoms with Gasteiger partial charge in [-0.25, -0.2) is 8.42 Å². The van der Waals surface area contributed by atoms with Crippen molar-refractivity contribution < 1.29 is 22.7 Å². The molecule has 0 saturated carbocycles. The SMILES string of the molecule is CCNC(=O)C(C)N(Cc1ccccc1)C(=O)CN(c1cccc(OC)c1)S(=O)(=O)c1ccc(C)cc1. The first-order valence-electron chi connectivity index (χ1n) is 12.0. The van der Waals surface area contributed by atoms with Crippen LogP contribution in [0.25, 0.3) is 0 Å². The van der Waals surface area contributed by atoms with E-state index in [1.807, 2.05) is 37.3 Å². The lowest BCUT2D eigenvalue weighted by atomic mass is 10.1. The molecule has 2 amide bonds. The third kappa shape index (κ3) is 6.89. The van der Waals surface area contributed by atoms with E-state index in [4.69, 9.17) is 4.74 Å². The van der Waals surface area contributed by atoms with Crippen molar-refractivity contribution in [3.05, 3.63) is 90.0 Å². The summed E-state index contributed by atoms with van der Waals surface area (Å²) in [7, 11) is -2.64. The minimum Gasteiger partial charge on any atom is -0.497 e. The Balaban J connectivity index is 2.04. The highest BCUT2D eigenvalue weighted by atomic mass is 32.2. The van der Waals surface area contributed by atoms with Crippen molar-refractivity contribution in [2.75, 3.05) is 24.5 Å². The summed E-state index contributed by atoms with van der Waals surface area (Å²) in [5.41, 5.74) is 2.01. The maximum Gasteiger partial charge on any atom is 0.264 e. The van der Waals surface area contributed by atoms with Gasteiger partial charge in [0.1, 0.15) is 18.3 Å². The van der Waals surface area contributed by atoms with Gasteiger partial charge in [-0.3, -0.25) is 13.9 Å². The Hall–Kier alpha value is -3.85. The number of methoxy groups -OCH3 is 1. The summed E-state index contributed by atoms with van der Waals surface area (Å²) in [6, 6.07) is 21.4. The highest BCUT2D eigenvalue weighted by Gasteiger charge is 2.32. The maximum atomic E-state index is 13.8. The van der Waals surface area contributed by atoms with Crippen LogP contribution >= 0.6 is 0 Å². The Morgan fingerprint density at radius 1 is 0.973 bits per heavy atom. The number of benzene rings is 3. The van der Waals surface area contributed by atoms with Crippen molar-refractivity contribution in [2.45, 2.75) is 38.3 Å². The lowest BCUT2D eigenvalue weighted by Crippen LogP contribution is -2.51. The molecule has 0 bridgehead atoms. The fourth-order valence-corrected chi connectivity index (χ4v) is 5.22. The van der Waals surface area contributed by atoms with Gasteiger partial charge in [0.15, 0.2) is 0 Å². The van der Waals surface area contributed by atoms with E-state index in [0.717, 1.165) is 15.4 Å². The molecule has 37 heavy (non-hydrogen) atoms. The van der Waals surface area contributed by atoms with Crippen LogP contribution in [-0.2, 0) is 26.2 Å².